The van der Waals surface area contributed by atoms with Crippen molar-refractivity contribution >= 4 is 55.1 Å². The molecule has 0 atom stereocenters. The number of amides is 1. The van der Waals surface area contributed by atoms with E-state index in [1.807, 2.05) is 0 Å². The number of halogens is 1. The molecule has 0 saturated carbocycles. The van der Waals surface area contributed by atoms with Crippen molar-refractivity contribution in [1.82, 2.24) is 4.98 Å². The first-order valence-corrected chi connectivity index (χ1v) is 8.22. The maximum Gasteiger partial charge on any atom is 0.324 e. The highest BCUT2D eigenvalue weighted by Gasteiger charge is 2.16. The van der Waals surface area contributed by atoms with Crippen LogP contribution >= 0.6 is 22.7 Å². The SMILES string of the molecule is CC(=O)N(/N=C\c1ccc([N+](=O)[O-])s1)c1nc2ccc(F)cc2s1. The van der Waals surface area contributed by atoms with Crippen molar-refractivity contribution in [3.8, 4) is 0 Å². The number of hydrazone groups is 1. The molecule has 0 bridgehead atoms. The number of aromatic nitrogens is 1. The minimum absolute atomic E-state index is 0.0127. The molecule has 24 heavy (non-hydrogen) atoms. The summed E-state index contributed by atoms with van der Waals surface area (Å²) in [5.74, 6) is -0.765. The van der Waals surface area contributed by atoms with Gasteiger partial charge in [0.1, 0.15) is 5.82 Å². The van der Waals surface area contributed by atoms with Crippen LogP contribution in [0.15, 0.2) is 35.4 Å². The van der Waals surface area contributed by atoms with E-state index in [1.54, 1.807) is 6.07 Å². The second-order valence-corrected chi connectivity index (χ2v) is 6.72. The van der Waals surface area contributed by atoms with E-state index < -0.39 is 4.92 Å². The van der Waals surface area contributed by atoms with Crippen molar-refractivity contribution in [3.05, 3.63) is 51.1 Å². The van der Waals surface area contributed by atoms with Crippen molar-refractivity contribution in [2.75, 3.05) is 5.01 Å². The highest BCUT2D eigenvalue weighted by atomic mass is 32.1. The Kier molecular flexibility index (Phi) is 4.32. The Morgan fingerprint density at radius 2 is 2.17 bits per heavy atom. The number of anilines is 1. The lowest BCUT2D eigenvalue weighted by Crippen LogP contribution is -2.22. The average Bonchev–Trinajstić information content (AvgIpc) is 3.13. The van der Waals surface area contributed by atoms with E-state index in [-0.39, 0.29) is 16.7 Å². The number of hydrogen-bond donors (Lipinski definition) is 0. The summed E-state index contributed by atoms with van der Waals surface area (Å²) in [5, 5.41) is 16.1. The molecule has 0 aliphatic carbocycles. The largest absolute Gasteiger partial charge is 0.324 e. The monoisotopic (exact) mass is 364 g/mol. The Balaban J connectivity index is 1.91. The zero-order chi connectivity index (χ0) is 17.3. The Hall–Kier alpha value is -2.72. The molecule has 0 N–H and O–H groups in total. The number of carbonyl (C=O) groups is 1. The molecular weight excluding hydrogens is 355 g/mol. The lowest BCUT2D eigenvalue weighted by molar-refractivity contribution is -0.380. The van der Waals surface area contributed by atoms with Gasteiger partial charge in [-0.2, -0.15) is 10.1 Å². The van der Waals surface area contributed by atoms with Crippen LogP contribution in [-0.2, 0) is 4.79 Å². The first-order valence-electron chi connectivity index (χ1n) is 6.59. The number of carbonyl (C=O) groups excluding carboxylic acids is 1. The maximum absolute atomic E-state index is 13.3. The van der Waals surface area contributed by atoms with E-state index in [2.05, 4.69) is 10.1 Å². The van der Waals surface area contributed by atoms with Crippen LogP contribution in [0.25, 0.3) is 10.2 Å². The van der Waals surface area contributed by atoms with Gasteiger partial charge in [0.15, 0.2) is 0 Å². The first kappa shape index (κ1) is 16.1. The molecule has 7 nitrogen and oxygen atoms in total. The van der Waals surface area contributed by atoms with Crippen LogP contribution in [0.5, 0.6) is 0 Å². The maximum atomic E-state index is 13.3. The van der Waals surface area contributed by atoms with E-state index in [1.165, 1.54) is 37.4 Å². The van der Waals surface area contributed by atoms with Crippen LogP contribution in [0.1, 0.15) is 11.8 Å². The van der Waals surface area contributed by atoms with Gasteiger partial charge in [0.2, 0.25) is 11.0 Å². The van der Waals surface area contributed by atoms with Crippen molar-refractivity contribution < 1.29 is 14.1 Å². The summed E-state index contributed by atoms with van der Waals surface area (Å²) < 4.78 is 13.9. The second-order valence-electron chi connectivity index (χ2n) is 4.62. The molecule has 1 aromatic carbocycles. The van der Waals surface area contributed by atoms with Crippen molar-refractivity contribution in [2.24, 2.45) is 5.10 Å². The molecular formula is C14H9FN4O3S2. The fourth-order valence-corrected chi connectivity index (χ4v) is 3.55. The molecule has 2 aromatic heterocycles. The lowest BCUT2D eigenvalue weighted by atomic mass is 10.3. The molecule has 3 aromatic rings. The average molecular weight is 364 g/mol. The molecule has 3 rings (SSSR count). The molecule has 0 aliphatic heterocycles. The second kappa shape index (κ2) is 6.42. The molecule has 122 valence electrons. The molecule has 2 heterocycles. The first-order chi connectivity index (χ1) is 11.4. The van der Waals surface area contributed by atoms with Gasteiger partial charge in [0.25, 0.3) is 0 Å². The van der Waals surface area contributed by atoms with Crippen LogP contribution in [0.4, 0.5) is 14.5 Å². The molecule has 0 saturated heterocycles. The third-order valence-corrected chi connectivity index (χ3v) is 4.88. The molecule has 0 unspecified atom stereocenters. The standard InChI is InChI=1S/C14H9FN4O3S2/c1-8(20)18(16-7-10-3-5-13(23-10)19(21)22)14-17-11-4-2-9(15)6-12(11)24-14/h2-7H,1H3/b16-7-. The highest BCUT2D eigenvalue weighted by Crippen LogP contribution is 2.30. The summed E-state index contributed by atoms with van der Waals surface area (Å²) in [5.41, 5.74) is 0.560. The third kappa shape index (κ3) is 3.29. The van der Waals surface area contributed by atoms with Gasteiger partial charge < -0.3 is 0 Å². The van der Waals surface area contributed by atoms with Gasteiger partial charge in [0, 0.05) is 13.0 Å². The predicted octanol–water partition coefficient (Wildman–Crippen LogP) is 3.79. The zero-order valence-corrected chi connectivity index (χ0v) is 13.8. The normalized spacial score (nSPS) is 11.2. The number of benzene rings is 1. The third-order valence-electron chi connectivity index (χ3n) is 2.91. The van der Waals surface area contributed by atoms with Gasteiger partial charge in [-0.3, -0.25) is 14.9 Å². The topological polar surface area (TPSA) is 88.7 Å². The summed E-state index contributed by atoms with van der Waals surface area (Å²) in [6, 6.07) is 7.05. The number of thiazole rings is 1. The van der Waals surface area contributed by atoms with Gasteiger partial charge in [0.05, 0.1) is 26.2 Å². The van der Waals surface area contributed by atoms with Gasteiger partial charge >= 0.3 is 5.00 Å². The number of nitro groups is 1. The predicted molar refractivity (Wildman–Crippen MR) is 91.3 cm³/mol. The Morgan fingerprint density at radius 1 is 1.38 bits per heavy atom. The summed E-state index contributed by atoms with van der Waals surface area (Å²) in [4.78, 5) is 26.8. The molecule has 10 heteroatoms. The quantitative estimate of drug-likeness (QED) is 0.400. The van der Waals surface area contributed by atoms with Crippen LogP contribution in [0, 0.1) is 15.9 Å². The van der Waals surface area contributed by atoms with Gasteiger partial charge in [-0.1, -0.05) is 22.7 Å². The molecule has 0 fully saturated rings. The van der Waals surface area contributed by atoms with Crippen LogP contribution in [0.3, 0.4) is 0 Å². The molecule has 1 amide bonds. The molecule has 0 aliphatic rings. The Labute approximate surface area is 142 Å². The lowest BCUT2D eigenvalue weighted by Gasteiger charge is -2.09. The van der Waals surface area contributed by atoms with Crippen molar-refractivity contribution in [2.45, 2.75) is 6.92 Å². The number of rotatable bonds is 4. The van der Waals surface area contributed by atoms with E-state index in [9.17, 15) is 19.3 Å². The number of fused-ring (bicyclic) bond motifs is 1. The smallest absolute Gasteiger partial charge is 0.273 e. The number of hydrogen-bond acceptors (Lipinski definition) is 7. The summed E-state index contributed by atoms with van der Waals surface area (Å²) in [7, 11) is 0. The fourth-order valence-electron chi connectivity index (χ4n) is 1.87. The Bertz CT molecular complexity index is 966. The zero-order valence-electron chi connectivity index (χ0n) is 12.2. The summed E-state index contributed by atoms with van der Waals surface area (Å²) in [6.45, 7) is 1.32. The fraction of sp³-hybridized carbons (Fsp3) is 0.0714. The minimum atomic E-state index is -0.493. The Morgan fingerprint density at radius 3 is 2.83 bits per heavy atom. The van der Waals surface area contributed by atoms with E-state index in [0.717, 1.165) is 27.7 Å². The van der Waals surface area contributed by atoms with Crippen molar-refractivity contribution in [1.29, 1.82) is 0 Å². The minimum Gasteiger partial charge on any atom is -0.273 e. The van der Waals surface area contributed by atoms with Gasteiger partial charge in [-0.15, -0.1) is 0 Å². The van der Waals surface area contributed by atoms with Crippen LogP contribution in [-0.4, -0.2) is 22.0 Å². The summed E-state index contributed by atoms with van der Waals surface area (Å²) >= 11 is 2.07. The van der Waals surface area contributed by atoms with Crippen LogP contribution in [0.2, 0.25) is 0 Å². The van der Waals surface area contributed by atoms with E-state index in [4.69, 9.17) is 0 Å². The number of thiophene rings is 1. The molecule has 0 radical (unpaired) electrons. The molecule has 0 spiro atoms. The van der Waals surface area contributed by atoms with Crippen molar-refractivity contribution in [3.63, 3.8) is 0 Å². The van der Waals surface area contributed by atoms with Crippen LogP contribution < -0.4 is 5.01 Å². The van der Waals surface area contributed by atoms with E-state index in [0.29, 0.717) is 20.2 Å². The van der Waals surface area contributed by atoms with Gasteiger partial charge in [-0.25, -0.2) is 9.37 Å². The summed E-state index contributed by atoms with van der Waals surface area (Å²) in [6.07, 6.45) is 1.35. The van der Waals surface area contributed by atoms with E-state index >= 15 is 0 Å². The number of nitrogens with zero attached hydrogens (tertiary/aromatic N) is 4. The van der Waals surface area contributed by atoms with Gasteiger partial charge in [-0.05, 0) is 24.3 Å². The highest BCUT2D eigenvalue weighted by molar-refractivity contribution is 7.22.